The lowest BCUT2D eigenvalue weighted by Crippen LogP contribution is -2.08. The molecular weight excluding hydrogens is 374 g/mol. The molecule has 0 bridgehead atoms. The SMILES string of the molecule is O=C(CC1CC1)c1ccc(-c2cnc3c(NCCc4cccnc4)nccn23)cc1. The van der Waals surface area contributed by atoms with Crippen molar-refractivity contribution in [1.29, 1.82) is 0 Å². The van der Waals surface area contributed by atoms with Crippen LogP contribution in [0.25, 0.3) is 16.9 Å². The molecule has 3 aromatic heterocycles. The van der Waals surface area contributed by atoms with Gasteiger partial charge in [-0.05, 0) is 36.8 Å². The van der Waals surface area contributed by atoms with Crippen molar-refractivity contribution in [2.45, 2.75) is 25.7 Å². The maximum absolute atomic E-state index is 12.3. The largest absolute Gasteiger partial charge is 0.367 e. The lowest BCUT2D eigenvalue weighted by atomic mass is 10.0. The average molecular weight is 397 g/mol. The van der Waals surface area contributed by atoms with Crippen LogP contribution in [0, 0.1) is 5.92 Å². The van der Waals surface area contributed by atoms with Crippen molar-refractivity contribution in [2.75, 3.05) is 11.9 Å². The zero-order valence-electron chi connectivity index (χ0n) is 16.7. The lowest BCUT2D eigenvalue weighted by molar-refractivity contribution is 0.0976. The van der Waals surface area contributed by atoms with Gasteiger partial charge in [0.15, 0.2) is 17.2 Å². The Kier molecular flexibility index (Phi) is 4.97. The summed E-state index contributed by atoms with van der Waals surface area (Å²) in [6.45, 7) is 0.748. The molecule has 1 fully saturated rings. The van der Waals surface area contributed by atoms with E-state index in [1.807, 2.05) is 53.3 Å². The number of Topliss-reactive ketones (excluding diaryl/α,β-unsaturated/α-hetero) is 1. The molecule has 1 N–H and O–H groups in total. The number of fused-ring (bicyclic) bond motifs is 1. The second kappa shape index (κ2) is 8.06. The summed E-state index contributed by atoms with van der Waals surface area (Å²) in [5.41, 5.74) is 4.76. The summed E-state index contributed by atoms with van der Waals surface area (Å²) in [5, 5.41) is 3.38. The van der Waals surface area contributed by atoms with Gasteiger partial charge in [-0.15, -0.1) is 0 Å². The molecule has 1 aliphatic carbocycles. The lowest BCUT2D eigenvalue weighted by Gasteiger charge is -2.08. The number of carbonyl (C=O) groups excluding carboxylic acids is 1. The number of carbonyl (C=O) groups is 1. The van der Waals surface area contributed by atoms with Gasteiger partial charge in [0.25, 0.3) is 0 Å². The standard InChI is InChI=1S/C24H23N5O/c30-22(14-17-3-4-17)20-7-5-19(6-8-20)21-16-28-24-23(27-12-13-29(21)24)26-11-9-18-2-1-10-25-15-18/h1-2,5-8,10,12-13,15-17H,3-4,9,11,14H2,(H,26,27). The van der Waals surface area contributed by atoms with Crippen LogP contribution in [-0.2, 0) is 6.42 Å². The first-order valence-corrected chi connectivity index (χ1v) is 10.4. The van der Waals surface area contributed by atoms with Gasteiger partial charge in [0, 0.05) is 48.9 Å². The molecule has 1 saturated carbocycles. The molecule has 0 saturated heterocycles. The van der Waals surface area contributed by atoms with E-state index in [0.717, 1.165) is 41.3 Å². The molecule has 0 unspecified atom stereocenters. The molecule has 6 nitrogen and oxygen atoms in total. The number of aromatic nitrogens is 4. The highest BCUT2D eigenvalue weighted by Gasteiger charge is 2.24. The van der Waals surface area contributed by atoms with Crippen LogP contribution in [0.3, 0.4) is 0 Å². The van der Waals surface area contributed by atoms with Crippen molar-refractivity contribution in [1.82, 2.24) is 19.4 Å². The number of rotatable bonds is 8. The van der Waals surface area contributed by atoms with Crippen molar-refractivity contribution in [3.8, 4) is 11.3 Å². The number of nitrogens with zero attached hydrogens (tertiary/aromatic N) is 4. The number of ketones is 1. The van der Waals surface area contributed by atoms with Crippen LogP contribution in [0.5, 0.6) is 0 Å². The summed E-state index contributed by atoms with van der Waals surface area (Å²) in [7, 11) is 0. The highest BCUT2D eigenvalue weighted by Crippen LogP contribution is 2.33. The van der Waals surface area contributed by atoms with E-state index in [0.29, 0.717) is 12.3 Å². The Bertz CT molecular complexity index is 1160. The second-order valence-corrected chi connectivity index (χ2v) is 7.80. The van der Waals surface area contributed by atoms with Crippen LogP contribution < -0.4 is 5.32 Å². The maximum atomic E-state index is 12.3. The Morgan fingerprint density at radius 3 is 2.70 bits per heavy atom. The first-order chi connectivity index (χ1) is 14.8. The van der Waals surface area contributed by atoms with E-state index in [2.05, 4.69) is 26.3 Å². The first kappa shape index (κ1) is 18.5. The molecule has 5 rings (SSSR count). The third-order valence-electron chi connectivity index (χ3n) is 5.53. The molecule has 0 amide bonds. The summed E-state index contributed by atoms with van der Waals surface area (Å²) in [6.07, 6.45) is 13.1. The summed E-state index contributed by atoms with van der Waals surface area (Å²) < 4.78 is 2.03. The highest BCUT2D eigenvalue weighted by molar-refractivity contribution is 5.96. The van der Waals surface area contributed by atoms with E-state index in [4.69, 9.17) is 0 Å². The van der Waals surface area contributed by atoms with Gasteiger partial charge in [-0.1, -0.05) is 30.3 Å². The Morgan fingerprint density at radius 1 is 1.07 bits per heavy atom. The minimum absolute atomic E-state index is 0.242. The minimum atomic E-state index is 0.242. The molecule has 1 aliphatic rings. The highest BCUT2D eigenvalue weighted by atomic mass is 16.1. The number of imidazole rings is 1. The summed E-state index contributed by atoms with van der Waals surface area (Å²) in [4.78, 5) is 25.5. The molecule has 0 aliphatic heterocycles. The van der Waals surface area contributed by atoms with Crippen LogP contribution in [0.15, 0.2) is 67.4 Å². The van der Waals surface area contributed by atoms with E-state index >= 15 is 0 Å². The van der Waals surface area contributed by atoms with Gasteiger partial charge >= 0.3 is 0 Å². The second-order valence-electron chi connectivity index (χ2n) is 7.80. The van der Waals surface area contributed by atoms with Crippen molar-refractivity contribution < 1.29 is 4.79 Å². The fourth-order valence-corrected chi connectivity index (χ4v) is 3.66. The van der Waals surface area contributed by atoms with Crippen LogP contribution in [0.2, 0.25) is 0 Å². The summed E-state index contributed by atoms with van der Waals surface area (Å²) in [5.74, 6) is 1.60. The molecule has 150 valence electrons. The van der Waals surface area contributed by atoms with E-state index in [9.17, 15) is 4.79 Å². The monoisotopic (exact) mass is 397 g/mol. The van der Waals surface area contributed by atoms with Crippen molar-refractivity contribution in [3.63, 3.8) is 0 Å². The number of anilines is 1. The van der Waals surface area contributed by atoms with E-state index < -0.39 is 0 Å². The average Bonchev–Trinajstić information content (AvgIpc) is 3.49. The number of pyridine rings is 1. The van der Waals surface area contributed by atoms with E-state index in [1.54, 1.807) is 12.4 Å². The molecule has 0 atom stereocenters. The fraction of sp³-hybridized carbons (Fsp3) is 0.250. The molecule has 3 heterocycles. The van der Waals surface area contributed by atoms with Gasteiger partial charge < -0.3 is 5.32 Å². The molecule has 0 spiro atoms. The smallest absolute Gasteiger partial charge is 0.180 e. The van der Waals surface area contributed by atoms with Crippen LogP contribution >= 0.6 is 0 Å². The van der Waals surface area contributed by atoms with Crippen LogP contribution in [0.4, 0.5) is 5.82 Å². The topological polar surface area (TPSA) is 72.2 Å². The Hall–Kier alpha value is -3.54. The predicted molar refractivity (Wildman–Crippen MR) is 117 cm³/mol. The van der Waals surface area contributed by atoms with Crippen molar-refractivity contribution in [3.05, 3.63) is 78.5 Å². The molecule has 30 heavy (non-hydrogen) atoms. The van der Waals surface area contributed by atoms with Gasteiger partial charge in [0.1, 0.15) is 0 Å². The Balaban J connectivity index is 1.33. The summed E-state index contributed by atoms with van der Waals surface area (Å²) >= 11 is 0. The predicted octanol–water partition coefficient (Wildman–Crippen LogP) is 4.43. The van der Waals surface area contributed by atoms with Crippen LogP contribution in [-0.4, -0.2) is 31.7 Å². The molecule has 0 radical (unpaired) electrons. The van der Waals surface area contributed by atoms with Gasteiger partial charge in [0.2, 0.25) is 0 Å². The summed E-state index contributed by atoms with van der Waals surface area (Å²) in [6, 6.07) is 11.9. The zero-order chi connectivity index (χ0) is 20.3. The minimum Gasteiger partial charge on any atom is -0.367 e. The number of benzene rings is 1. The molecular formula is C24H23N5O. The normalized spacial score (nSPS) is 13.5. The van der Waals surface area contributed by atoms with Gasteiger partial charge in [-0.25, -0.2) is 9.97 Å². The molecule has 6 heteroatoms. The van der Waals surface area contributed by atoms with Gasteiger partial charge in [-0.2, -0.15) is 0 Å². The third-order valence-corrected chi connectivity index (χ3v) is 5.53. The number of nitrogens with one attached hydrogen (secondary N) is 1. The van der Waals surface area contributed by atoms with Gasteiger partial charge in [0.05, 0.1) is 11.9 Å². The van der Waals surface area contributed by atoms with Gasteiger partial charge in [-0.3, -0.25) is 14.2 Å². The van der Waals surface area contributed by atoms with E-state index in [1.165, 1.54) is 18.4 Å². The Labute approximate surface area is 175 Å². The van der Waals surface area contributed by atoms with Crippen molar-refractivity contribution >= 4 is 17.2 Å². The zero-order valence-corrected chi connectivity index (χ0v) is 16.7. The maximum Gasteiger partial charge on any atom is 0.180 e. The fourth-order valence-electron chi connectivity index (χ4n) is 3.66. The van der Waals surface area contributed by atoms with Crippen molar-refractivity contribution in [2.24, 2.45) is 5.92 Å². The van der Waals surface area contributed by atoms with E-state index in [-0.39, 0.29) is 5.78 Å². The third kappa shape index (κ3) is 3.94. The molecule has 4 aromatic rings. The first-order valence-electron chi connectivity index (χ1n) is 10.4. The van der Waals surface area contributed by atoms with Crippen LogP contribution in [0.1, 0.15) is 35.2 Å². The quantitative estimate of drug-likeness (QED) is 0.445. The Morgan fingerprint density at radius 2 is 1.93 bits per heavy atom. The number of hydrogen-bond acceptors (Lipinski definition) is 5. The number of hydrogen-bond donors (Lipinski definition) is 1. The molecule has 1 aromatic carbocycles.